The molecule has 4 heteroatoms. The highest BCUT2D eigenvalue weighted by Gasteiger charge is 2.20. The predicted molar refractivity (Wildman–Crippen MR) is 73.6 cm³/mol. The highest BCUT2D eigenvalue weighted by Crippen LogP contribution is 2.24. The van der Waals surface area contributed by atoms with Crippen LogP contribution in [0.3, 0.4) is 0 Å². The van der Waals surface area contributed by atoms with Gasteiger partial charge < -0.3 is 5.32 Å². The van der Waals surface area contributed by atoms with Gasteiger partial charge in [0.05, 0.1) is 6.04 Å². The van der Waals surface area contributed by atoms with E-state index in [4.69, 9.17) is 11.6 Å². The van der Waals surface area contributed by atoms with E-state index >= 15 is 0 Å². The Hall–Kier alpha value is -0.670. The summed E-state index contributed by atoms with van der Waals surface area (Å²) in [6.07, 6.45) is 0. The lowest BCUT2D eigenvalue weighted by atomic mass is 10.1. The molecular weight excluding hydrogens is 240 g/mol. The lowest BCUT2D eigenvalue weighted by molar-refractivity contribution is 0.543. The highest BCUT2D eigenvalue weighted by molar-refractivity contribution is 8.14. The van der Waals surface area contributed by atoms with Gasteiger partial charge in [-0.05, 0) is 30.2 Å². The molecule has 86 valence electrons. The number of rotatable bonds is 2. The highest BCUT2D eigenvalue weighted by atomic mass is 35.5. The second-order valence-electron chi connectivity index (χ2n) is 4.19. The number of benzene rings is 1. The van der Waals surface area contributed by atoms with Crippen molar-refractivity contribution in [3.63, 3.8) is 0 Å². The van der Waals surface area contributed by atoms with Crippen LogP contribution in [0.5, 0.6) is 0 Å². The van der Waals surface area contributed by atoms with Crippen LogP contribution < -0.4 is 5.32 Å². The lowest BCUT2D eigenvalue weighted by Gasteiger charge is -2.08. The van der Waals surface area contributed by atoms with Crippen LogP contribution in [-0.4, -0.2) is 17.0 Å². The van der Waals surface area contributed by atoms with E-state index in [0.29, 0.717) is 12.0 Å². The van der Waals surface area contributed by atoms with Crippen molar-refractivity contribution in [2.45, 2.75) is 19.9 Å². The monoisotopic (exact) mass is 254 g/mol. The van der Waals surface area contributed by atoms with Gasteiger partial charge >= 0.3 is 0 Å². The van der Waals surface area contributed by atoms with E-state index in [0.717, 1.165) is 21.6 Å². The second kappa shape index (κ2) is 5.11. The number of nitrogens with zero attached hydrogens (tertiary/aromatic N) is 1. The first-order chi connectivity index (χ1) is 7.65. The summed E-state index contributed by atoms with van der Waals surface area (Å²) in [7, 11) is 0. The Bertz CT molecular complexity index is 387. The Morgan fingerprint density at radius 1 is 1.38 bits per heavy atom. The van der Waals surface area contributed by atoms with Crippen molar-refractivity contribution in [1.29, 1.82) is 0 Å². The SMILES string of the molecule is CC(C)C1CSC(Nc2ccc(Cl)cc2)=N1. The van der Waals surface area contributed by atoms with Crippen molar-refractivity contribution in [1.82, 2.24) is 0 Å². The van der Waals surface area contributed by atoms with Gasteiger partial charge in [0.2, 0.25) is 0 Å². The van der Waals surface area contributed by atoms with Crippen LogP contribution in [0.25, 0.3) is 0 Å². The Morgan fingerprint density at radius 3 is 2.62 bits per heavy atom. The molecule has 1 aromatic carbocycles. The smallest absolute Gasteiger partial charge is 0.161 e. The maximum Gasteiger partial charge on any atom is 0.161 e. The number of amidine groups is 1. The summed E-state index contributed by atoms with van der Waals surface area (Å²) in [4.78, 5) is 4.64. The predicted octanol–water partition coefficient (Wildman–Crippen LogP) is 3.88. The molecule has 0 bridgehead atoms. The quantitative estimate of drug-likeness (QED) is 0.866. The Morgan fingerprint density at radius 2 is 2.06 bits per heavy atom. The average Bonchev–Trinajstić information content (AvgIpc) is 2.70. The summed E-state index contributed by atoms with van der Waals surface area (Å²) in [5, 5.41) is 5.08. The van der Waals surface area contributed by atoms with Crippen LogP contribution in [0, 0.1) is 5.92 Å². The zero-order valence-corrected chi connectivity index (χ0v) is 11.0. The van der Waals surface area contributed by atoms with E-state index < -0.39 is 0 Å². The molecule has 2 nitrogen and oxygen atoms in total. The molecule has 1 N–H and O–H groups in total. The molecule has 1 unspecified atom stereocenters. The summed E-state index contributed by atoms with van der Waals surface area (Å²) < 4.78 is 0. The molecule has 1 atom stereocenters. The number of nitrogens with one attached hydrogen (secondary N) is 1. The van der Waals surface area contributed by atoms with Gasteiger partial charge in [-0.1, -0.05) is 37.2 Å². The fourth-order valence-corrected chi connectivity index (χ4v) is 2.77. The topological polar surface area (TPSA) is 24.4 Å². The van der Waals surface area contributed by atoms with Crippen molar-refractivity contribution in [2.24, 2.45) is 10.9 Å². The molecule has 16 heavy (non-hydrogen) atoms. The summed E-state index contributed by atoms with van der Waals surface area (Å²) in [6.45, 7) is 4.42. The molecule has 0 amide bonds. The normalized spacial score (nSPS) is 20.0. The lowest BCUT2D eigenvalue weighted by Crippen LogP contribution is -2.12. The zero-order chi connectivity index (χ0) is 11.5. The van der Waals surface area contributed by atoms with Gasteiger partial charge in [0.25, 0.3) is 0 Å². The summed E-state index contributed by atoms with van der Waals surface area (Å²) in [5.74, 6) is 1.69. The summed E-state index contributed by atoms with van der Waals surface area (Å²) >= 11 is 7.61. The minimum Gasteiger partial charge on any atom is -0.335 e. The zero-order valence-electron chi connectivity index (χ0n) is 9.40. The van der Waals surface area contributed by atoms with E-state index in [2.05, 4.69) is 24.2 Å². The largest absolute Gasteiger partial charge is 0.335 e. The number of aliphatic imine (C=N–C) groups is 1. The maximum absolute atomic E-state index is 5.83. The van der Waals surface area contributed by atoms with Gasteiger partial charge in [0, 0.05) is 16.5 Å². The molecule has 0 aromatic heterocycles. The van der Waals surface area contributed by atoms with E-state index in [1.807, 2.05) is 24.3 Å². The third-order valence-electron chi connectivity index (χ3n) is 2.54. The Balaban J connectivity index is 2.01. The molecule has 2 rings (SSSR count). The van der Waals surface area contributed by atoms with Crippen molar-refractivity contribution < 1.29 is 0 Å². The Labute approximate surface area is 105 Å². The first-order valence-corrected chi connectivity index (χ1v) is 6.74. The van der Waals surface area contributed by atoms with Crippen LogP contribution in [0.4, 0.5) is 5.69 Å². The summed E-state index contributed by atoms with van der Waals surface area (Å²) in [5.41, 5.74) is 1.04. The number of halogens is 1. The number of hydrogen-bond acceptors (Lipinski definition) is 3. The molecule has 0 saturated carbocycles. The van der Waals surface area contributed by atoms with Crippen LogP contribution in [0.1, 0.15) is 13.8 Å². The van der Waals surface area contributed by atoms with Gasteiger partial charge in [0.1, 0.15) is 0 Å². The van der Waals surface area contributed by atoms with Crippen molar-refractivity contribution in [3.05, 3.63) is 29.3 Å². The number of thioether (sulfide) groups is 1. The van der Waals surface area contributed by atoms with Gasteiger partial charge in [-0.3, -0.25) is 4.99 Å². The molecule has 0 spiro atoms. The molecule has 1 aliphatic heterocycles. The van der Waals surface area contributed by atoms with Gasteiger partial charge in [-0.15, -0.1) is 0 Å². The first-order valence-electron chi connectivity index (χ1n) is 5.38. The van der Waals surface area contributed by atoms with Crippen LogP contribution in [0.15, 0.2) is 29.3 Å². The van der Waals surface area contributed by atoms with E-state index in [-0.39, 0.29) is 0 Å². The molecule has 0 aliphatic carbocycles. The first kappa shape index (κ1) is 11.8. The summed E-state index contributed by atoms with van der Waals surface area (Å²) in [6, 6.07) is 8.13. The molecule has 1 heterocycles. The standard InChI is InChI=1S/C12H15ClN2S/c1-8(2)11-7-16-12(15-11)14-10-5-3-9(13)4-6-10/h3-6,8,11H,7H2,1-2H3,(H,14,15). The molecule has 0 radical (unpaired) electrons. The van der Waals surface area contributed by atoms with Crippen LogP contribution in [-0.2, 0) is 0 Å². The Kier molecular flexibility index (Phi) is 3.77. The van der Waals surface area contributed by atoms with Gasteiger partial charge in [-0.2, -0.15) is 0 Å². The molecule has 0 saturated heterocycles. The molecule has 0 fully saturated rings. The molecular formula is C12H15ClN2S. The van der Waals surface area contributed by atoms with Crippen LogP contribution >= 0.6 is 23.4 Å². The minimum absolute atomic E-state index is 0.444. The van der Waals surface area contributed by atoms with Gasteiger partial charge in [0.15, 0.2) is 5.17 Å². The fourth-order valence-electron chi connectivity index (χ4n) is 1.46. The third-order valence-corrected chi connectivity index (χ3v) is 3.78. The van der Waals surface area contributed by atoms with Crippen molar-refractivity contribution >= 4 is 34.2 Å². The van der Waals surface area contributed by atoms with Crippen molar-refractivity contribution in [2.75, 3.05) is 11.1 Å². The van der Waals surface area contributed by atoms with Gasteiger partial charge in [-0.25, -0.2) is 0 Å². The van der Waals surface area contributed by atoms with E-state index in [1.54, 1.807) is 11.8 Å². The minimum atomic E-state index is 0.444. The number of hydrogen-bond donors (Lipinski definition) is 1. The van der Waals surface area contributed by atoms with E-state index in [9.17, 15) is 0 Å². The molecule has 1 aliphatic rings. The van der Waals surface area contributed by atoms with Crippen LogP contribution in [0.2, 0.25) is 5.02 Å². The average molecular weight is 255 g/mol. The maximum atomic E-state index is 5.83. The van der Waals surface area contributed by atoms with Crippen molar-refractivity contribution in [3.8, 4) is 0 Å². The third kappa shape index (κ3) is 2.92. The number of anilines is 1. The van der Waals surface area contributed by atoms with E-state index in [1.165, 1.54) is 0 Å². The second-order valence-corrected chi connectivity index (χ2v) is 5.63. The fraction of sp³-hybridized carbons (Fsp3) is 0.417. The molecule has 1 aromatic rings.